The number of esters is 1. The smallest absolute Gasteiger partial charge is 0.338 e. The van der Waals surface area contributed by atoms with Crippen LogP contribution >= 0.6 is 0 Å². The van der Waals surface area contributed by atoms with Gasteiger partial charge in [-0.2, -0.15) is 0 Å². The van der Waals surface area contributed by atoms with Gasteiger partial charge in [0.25, 0.3) is 5.91 Å². The van der Waals surface area contributed by atoms with Gasteiger partial charge in [0.15, 0.2) is 6.10 Å². The summed E-state index contributed by atoms with van der Waals surface area (Å²) in [6, 6.07) is 11.7. The molecular weight excluding hydrogens is 372 g/mol. The molecule has 27 heavy (non-hydrogen) atoms. The van der Waals surface area contributed by atoms with Crippen molar-refractivity contribution in [1.29, 1.82) is 0 Å². The fourth-order valence-electron chi connectivity index (χ4n) is 2.14. The first kappa shape index (κ1) is 20.4. The Balaban J connectivity index is 2.01. The highest BCUT2D eigenvalue weighted by atomic mass is 32.2. The Morgan fingerprint density at radius 3 is 2.41 bits per heavy atom. The van der Waals surface area contributed by atoms with Crippen molar-refractivity contribution in [2.75, 3.05) is 11.9 Å². The van der Waals surface area contributed by atoms with Crippen LogP contribution in [0.3, 0.4) is 0 Å². The zero-order chi connectivity index (χ0) is 20.0. The monoisotopic (exact) mass is 392 g/mol. The molecule has 9 heteroatoms. The second kappa shape index (κ2) is 8.65. The van der Waals surface area contributed by atoms with E-state index in [1.807, 2.05) is 0 Å². The van der Waals surface area contributed by atoms with Gasteiger partial charge in [0, 0.05) is 5.69 Å². The Morgan fingerprint density at radius 2 is 1.81 bits per heavy atom. The number of hydrogen-bond acceptors (Lipinski definition) is 6. The normalized spacial score (nSPS) is 12.1. The summed E-state index contributed by atoms with van der Waals surface area (Å²) in [6.45, 7) is 3.51. The van der Waals surface area contributed by atoms with E-state index in [1.54, 1.807) is 32.0 Å². The highest BCUT2D eigenvalue weighted by molar-refractivity contribution is 7.89. The molecule has 0 unspecified atom stereocenters. The first-order valence-corrected chi connectivity index (χ1v) is 9.63. The van der Waals surface area contributed by atoms with Gasteiger partial charge in [-0.3, -0.25) is 4.79 Å². The molecule has 1 atom stereocenters. The number of carbonyl (C=O) groups is 2. The summed E-state index contributed by atoms with van der Waals surface area (Å²) in [6.07, 6.45) is -0.861. The van der Waals surface area contributed by atoms with E-state index in [0.717, 1.165) is 0 Å². The molecule has 3 N–H and O–H groups in total. The zero-order valence-electron chi connectivity index (χ0n) is 14.8. The van der Waals surface area contributed by atoms with E-state index in [9.17, 15) is 18.0 Å². The molecule has 144 valence electrons. The third-order valence-electron chi connectivity index (χ3n) is 3.48. The van der Waals surface area contributed by atoms with Crippen LogP contribution in [0.2, 0.25) is 0 Å². The summed E-state index contributed by atoms with van der Waals surface area (Å²) in [5.74, 6) is -0.581. The van der Waals surface area contributed by atoms with Crippen LogP contribution in [0.15, 0.2) is 53.4 Å². The van der Waals surface area contributed by atoms with Crippen molar-refractivity contribution in [3.8, 4) is 5.75 Å². The van der Waals surface area contributed by atoms with Crippen molar-refractivity contribution >= 4 is 27.6 Å². The number of amides is 1. The van der Waals surface area contributed by atoms with E-state index >= 15 is 0 Å². The van der Waals surface area contributed by atoms with Crippen LogP contribution in [0.25, 0.3) is 0 Å². The Bertz CT molecular complexity index is 925. The summed E-state index contributed by atoms with van der Waals surface area (Å²) in [5.41, 5.74) is 0.712. The molecule has 0 radical (unpaired) electrons. The number of sulfonamides is 1. The zero-order valence-corrected chi connectivity index (χ0v) is 15.7. The third-order valence-corrected chi connectivity index (χ3v) is 4.41. The van der Waals surface area contributed by atoms with E-state index in [4.69, 9.17) is 14.6 Å². The van der Waals surface area contributed by atoms with Gasteiger partial charge in [-0.25, -0.2) is 18.4 Å². The summed E-state index contributed by atoms with van der Waals surface area (Å²) in [4.78, 5) is 23.9. The molecule has 0 fully saturated rings. The number of nitrogens with one attached hydrogen (secondary N) is 1. The minimum absolute atomic E-state index is 0.0550. The number of rotatable bonds is 7. The molecule has 0 spiro atoms. The van der Waals surface area contributed by atoms with Crippen molar-refractivity contribution in [2.45, 2.75) is 24.8 Å². The molecular formula is C18H20N2O6S. The molecule has 0 aliphatic heterocycles. The molecule has 1 amide bonds. The van der Waals surface area contributed by atoms with Crippen LogP contribution < -0.4 is 15.2 Å². The van der Waals surface area contributed by atoms with Gasteiger partial charge >= 0.3 is 5.97 Å². The Labute approximate surface area is 157 Å². The highest BCUT2D eigenvalue weighted by Gasteiger charge is 2.16. The van der Waals surface area contributed by atoms with E-state index in [-0.39, 0.29) is 11.5 Å². The molecule has 0 bridgehead atoms. The maximum absolute atomic E-state index is 12.2. The van der Waals surface area contributed by atoms with Crippen molar-refractivity contribution in [2.24, 2.45) is 5.14 Å². The lowest BCUT2D eigenvalue weighted by Gasteiger charge is -2.15. The lowest BCUT2D eigenvalue weighted by atomic mass is 10.2. The topological polar surface area (TPSA) is 125 Å². The average Bonchev–Trinajstić information content (AvgIpc) is 2.61. The van der Waals surface area contributed by atoms with Gasteiger partial charge in [0.2, 0.25) is 10.0 Å². The Kier molecular flexibility index (Phi) is 6.54. The number of carbonyl (C=O) groups excluding carboxylic acids is 2. The molecule has 8 nitrogen and oxygen atoms in total. The second-order valence-electron chi connectivity index (χ2n) is 5.57. The average molecular weight is 392 g/mol. The number of ether oxygens (including phenoxy) is 2. The number of anilines is 1. The quantitative estimate of drug-likeness (QED) is 0.694. The molecule has 0 saturated carbocycles. The van der Waals surface area contributed by atoms with Crippen molar-refractivity contribution in [3.05, 3.63) is 54.1 Å². The minimum Gasteiger partial charge on any atom is -0.481 e. The van der Waals surface area contributed by atoms with E-state index < -0.39 is 28.0 Å². The molecule has 0 aliphatic carbocycles. The molecule has 2 aromatic carbocycles. The summed E-state index contributed by atoms with van der Waals surface area (Å²) in [5, 5.41) is 7.63. The first-order valence-electron chi connectivity index (χ1n) is 8.08. The lowest BCUT2D eigenvalue weighted by molar-refractivity contribution is -0.122. The molecule has 0 aromatic heterocycles. The van der Waals surface area contributed by atoms with Gasteiger partial charge in [-0.05, 0) is 56.3 Å². The third kappa shape index (κ3) is 5.80. The predicted octanol–water partition coefficient (Wildman–Crippen LogP) is 1.92. The maximum Gasteiger partial charge on any atom is 0.338 e. The lowest BCUT2D eigenvalue weighted by Crippen LogP contribution is -2.30. The molecule has 0 aliphatic rings. The van der Waals surface area contributed by atoms with Crippen molar-refractivity contribution < 1.29 is 27.5 Å². The van der Waals surface area contributed by atoms with Gasteiger partial charge in [0.1, 0.15) is 5.75 Å². The van der Waals surface area contributed by atoms with Crippen LogP contribution in [0, 0.1) is 0 Å². The molecule has 0 heterocycles. The standard InChI is InChI=1S/C18H20N2O6S/c1-3-25-18(22)13-5-4-6-15(11-13)26-12(2)17(21)20-14-7-9-16(10-8-14)27(19,23)24/h4-12H,3H2,1-2H3,(H,20,21)(H2,19,23,24)/t12-/m0/s1. The molecule has 2 aromatic rings. The SMILES string of the molecule is CCOC(=O)c1cccc(O[C@@H](C)C(=O)Nc2ccc(S(N)(=O)=O)cc2)c1. The highest BCUT2D eigenvalue weighted by Crippen LogP contribution is 2.17. The van der Waals surface area contributed by atoms with Crippen molar-refractivity contribution in [1.82, 2.24) is 0 Å². The predicted molar refractivity (Wildman–Crippen MR) is 98.9 cm³/mol. The van der Waals surface area contributed by atoms with E-state index in [0.29, 0.717) is 17.0 Å². The first-order chi connectivity index (χ1) is 12.7. The van der Waals surface area contributed by atoms with Gasteiger partial charge in [0.05, 0.1) is 17.1 Å². The largest absolute Gasteiger partial charge is 0.481 e. The van der Waals surface area contributed by atoms with Gasteiger partial charge < -0.3 is 14.8 Å². The van der Waals surface area contributed by atoms with Crippen molar-refractivity contribution in [3.63, 3.8) is 0 Å². The summed E-state index contributed by atoms with van der Waals surface area (Å²) < 4.78 is 32.9. The van der Waals surface area contributed by atoms with Gasteiger partial charge in [-0.1, -0.05) is 6.07 Å². The second-order valence-corrected chi connectivity index (χ2v) is 7.13. The Morgan fingerprint density at radius 1 is 1.15 bits per heavy atom. The van der Waals surface area contributed by atoms with Crippen LogP contribution in [-0.4, -0.2) is 33.0 Å². The van der Waals surface area contributed by atoms with Crippen LogP contribution in [-0.2, 0) is 19.6 Å². The number of primary sulfonamides is 1. The summed E-state index contributed by atoms with van der Waals surface area (Å²) >= 11 is 0. The minimum atomic E-state index is -3.80. The molecule has 0 saturated heterocycles. The van der Waals surface area contributed by atoms with Gasteiger partial charge in [-0.15, -0.1) is 0 Å². The van der Waals surface area contributed by atoms with Crippen LogP contribution in [0.1, 0.15) is 24.2 Å². The molecule has 2 rings (SSSR count). The fraction of sp³-hybridized carbons (Fsp3) is 0.222. The fourth-order valence-corrected chi connectivity index (χ4v) is 2.66. The maximum atomic E-state index is 12.2. The number of benzene rings is 2. The van der Waals surface area contributed by atoms with Crippen LogP contribution in [0.4, 0.5) is 5.69 Å². The number of hydrogen-bond donors (Lipinski definition) is 2. The summed E-state index contributed by atoms with van der Waals surface area (Å²) in [7, 11) is -3.80. The number of nitrogens with two attached hydrogens (primary N) is 1. The van der Waals surface area contributed by atoms with E-state index in [2.05, 4.69) is 5.32 Å². The van der Waals surface area contributed by atoms with E-state index in [1.165, 1.54) is 30.3 Å². The Hall–Kier alpha value is -2.91. The van der Waals surface area contributed by atoms with Crippen LogP contribution in [0.5, 0.6) is 5.75 Å².